The molecule has 0 heterocycles. The normalized spacial score (nSPS) is 9.94. The van der Waals surface area contributed by atoms with Crippen LogP contribution in [0.1, 0.15) is 6.92 Å². The summed E-state index contributed by atoms with van der Waals surface area (Å²) in [6, 6.07) is 5.23. The first kappa shape index (κ1) is 12.6. The summed E-state index contributed by atoms with van der Waals surface area (Å²) in [5, 5.41) is 3.32. The molecule has 16 heavy (non-hydrogen) atoms. The standard InChI is InChI=1S/C11H16ClN3O/c1-3-14-11(16)7-15(2)10-5-4-8(12)6-9(10)13/h4-6H,3,7,13H2,1-2H3,(H,14,16). The summed E-state index contributed by atoms with van der Waals surface area (Å²) in [6.45, 7) is 2.79. The maximum atomic E-state index is 11.4. The van der Waals surface area contributed by atoms with Gasteiger partial charge in [0, 0.05) is 18.6 Å². The Kier molecular flexibility index (Phi) is 4.43. The molecular weight excluding hydrogens is 226 g/mol. The SMILES string of the molecule is CCNC(=O)CN(C)c1ccc(Cl)cc1N. The van der Waals surface area contributed by atoms with Gasteiger partial charge in [-0.05, 0) is 25.1 Å². The fourth-order valence-corrected chi connectivity index (χ4v) is 1.61. The maximum absolute atomic E-state index is 11.4. The lowest BCUT2D eigenvalue weighted by molar-refractivity contribution is -0.119. The van der Waals surface area contributed by atoms with Crippen LogP contribution in [0, 0.1) is 0 Å². The highest BCUT2D eigenvalue weighted by Gasteiger charge is 2.09. The van der Waals surface area contributed by atoms with Crippen LogP contribution in [0.4, 0.5) is 11.4 Å². The van der Waals surface area contributed by atoms with Gasteiger partial charge in [0.2, 0.25) is 5.91 Å². The molecule has 0 saturated carbocycles. The summed E-state index contributed by atoms with van der Waals surface area (Å²) >= 11 is 5.80. The van der Waals surface area contributed by atoms with Crippen molar-refractivity contribution in [2.45, 2.75) is 6.92 Å². The number of hydrogen-bond donors (Lipinski definition) is 2. The fraction of sp³-hybridized carbons (Fsp3) is 0.364. The van der Waals surface area contributed by atoms with Crippen LogP contribution in [0.25, 0.3) is 0 Å². The molecule has 88 valence electrons. The van der Waals surface area contributed by atoms with E-state index in [0.717, 1.165) is 5.69 Å². The molecule has 0 saturated heterocycles. The van der Waals surface area contributed by atoms with Crippen molar-refractivity contribution in [3.63, 3.8) is 0 Å². The van der Waals surface area contributed by atoms with E-state index < -0.39 is 0 Å². The minimum Gasteiger partial charge on any atom is -0.397 e. The van der Waals surface area contributed by atoms with Gasteiger partial charge in [-0.3, -0.25) is 4.79 Å². The second-order valence-corrected chi connectivity index (χ2v) is 3.95. The summed E-state index contributed by atoms with van der Waals surface area (Å²) in [5.41, 5.74) is 7.18. The first-order valence-corrected chi connectivity index (χ1v) is 5.45. The van der Waals surface area contributed by atoms with Crippen LogP contribution < -0.4 is 16.0 Å². The third-order valence-corrected chi connectivity index (χ3v) is 2.39. The van der Waals surface area contributed by atoms with Gasteiger partial charge in [0.1, 0.15) is 0 Å². The van der Waals surface area contributed by atoms with Crippen LogP contribution in [0.5, 0.6) is 0 Å². The van der Waals surface area contributed by atoms with E-state index in [9.17, 15) is 4.79 Å². The monoisotopic (exact) mass is 241 g/mol. The third kappa shape index (κ3) is 3.31. The van der Waals surface area contributed by atoms with Gasteiger partial charge in [-0.2, -0.15) is 0 Å². The summed E-state index contributed by atoms with van der Waals surface area (Å²) in [7, 11) is 1.81. The molecule has 4 nitrogen and oxygen atoms in total. The van der Waals surface area contributed by atoms with Gasteiger partial charge < -0.3 is 16.0 Å². The van der Waals surface area contributed by atoms with Crippen molar-refractivity contribution in [3.05, 3.63) is 23.2 Å². The smallest absolute Gasteiger partial charge is 0.239 e. The lowest BCUT2D eigenvalue weighted by Crippen LogP contribution is -2.35. The number of rotatable bonds is 4. The zero-order chi connectivity index (χ0) is 12.1. The fourth-order valence-electron chi connectivity index (χ4n) is 1.43. The van der Waals surface area contributed by atoms with E-state index >= 15 is 0 Å². The van der Waals surface area contributed by atoms with Crippen molar-refractivity contribution in [1.82, 2.24) is 5.32 Å². The topological polar surface area (TPSA) is 58.4 Å². The van der Waals surface area contributed by atoms with Crippen molar-refractivity contribution < 1.29 is 4.79 Å². The van der Waals surface area contributed by atoms with E-state index in [1.54, 1.807) is 23.1 Å². The van der Waals surface area contributed by atoms with Crippen LogP contribution in [-0.4, -0.2) is 26.0 Å². The van der Waals surface area contributed by atoms with Gasteiger partial charge in [-0.1, -0.05) is 11.6 Å². The molecular formula is C11H16ClN3O. The Hall–Kier alpha value is -1.42. The number of nitrogens with one attached hydrogen (secondary N) is 1. The van der Waals surface area contributed by atoms with Crippen LogP contribution >= 0.6 is 11.6 Å². The summed E-state index contributed by atoms with van der Waals surface area (Å²) in [6.07, 6.45) is 0. The average Bonchev–Trinajstić information content (AvgIpc) is 2.17. The molecule has 0 aliphatic heterocycles. The van der Waals surface area contributed by atoms with Gasteiger partial charge in [-0.15, -0.1) is 0 Å². The van der Waals surface area contributed by atoms with Crippen LogP contribution in [-0.2, 0) is 4.79 Å². The van der Waals surface area contributed by atoms with Gasteiger partial charge in [0.05, 0.1) is 17.9 Å². The number of carbonyl (C=O) groups is 1. The van der Waals surface area contributed by atoms with Crippen molar-refractivity contribution in [2.24, 2.45) is 0 Å². The Balaban J connectivity index is 2.72. The number of hydrogen-bond acceptors (Lipinski definition) is 3. The predicted molar refractivity (Wildman–Crippen MR) is 67.8 cm³/mol. The molecule has 0 aromatic heterocycles. The Morgan fingerprint density at radius 2 is 2.25 bits per heavy atom. The molecule has 0 bridgehead atoms. The molecule has 3 N–H and O–H groups in total. The second kappa shape index (κ2) is 5.61. The molecule has 0 unspecified atom stereocenters. The highest BCUT2D eigenvalue weighted by Crippen LogP contribution is 2.25. The number of amides is 1. The molecule has 0 aliphatic carbocycles. The third-order valence-electron chi connectivity index (χ3n) is 2.16. The number of nitrogen functional groups attached to an aromatic ring is 1. The van der Waals surface area contributed by atoms with Gasteiger partial charge in [0.15, 0.2) is 0 Å². The van der Waals surface area contributed by atoms with Crippen molar-refractivity contribution in [2.75, 3.05) is 30.8 Å². The second-order valence-electron chi connectivity index (χ2n) is 3.51. The molecule has 5 heteroatoms. The number of halogens is 1. The van der Waals surface area contributed by atoms with Crippen LogP contribution in [0.2, 0.25) is 5.02 Å². The quantitative estimate of drug-likeness (QED) is 0.786. The number of anilines is 2. The average molecular weight is 242 g/mol. The van der Waals surface area contributed by atoms with Gasteiger partial charge >= 0.3 is 0 Å². The van der Waals surface area contributed by atoms with E-state index in [-0.39, 0.29) is 12.5 Å². The first-order valence-electron chi connectivity index (χ1n) is 5.07. The van der Waals surface area contributed by atoms with Crippen molar-refractivity contribution >= 4 is 28.9 Å². The predicted octanol–water partition coefficient (Wildman–Crippen LogP) is 1.49. The highest BCUT2D eigenvalue weighted by molar-refractivity contribution is 6.31. The summed E-state index contributed by atoms with van der Waals surface area (Å²) in [4.78, 5) is 13.2. The number of nitrogens with two attached hydrogens (primary N) is 1. The Labute approximate surface area is 100 Å². The number of benzene rings is 1. The minimum atomic E-state index is -0.0284. The highest BCUT2D eigenvalue weighted by atomic mass is 35.5. The molecule has 1 rings (SSSR count). The molecule has 1 aromatic rings. The minimum absolute atomic E-state index is 0.0284. The van der Waals surface area contributed by atoms with Crippen LogP contribution in [0.15, 0.2) is 18.2 Å². The Morgan fingerprint density at radius 1 is 1.56 bits per heavy atom. The van der Waals surface area contributed by atoms with E-state index in [2.05, 4.69) is 5.32 Å². The summed E-state index contributed by atoms with van der Waals surface area (Å²) in [5.74, 6) is -0.0284. The van der Waals surface area contributed by atoms with E-state index in [1.165, 1.54) is 0 Å². The molecule has 1 aromatic carbocycles. The van der Waals surface area contributed by atoms with Crippen molar-refractivity contribution in [1.29, 1.82) is 0 Å². The van der Waals surface area contributed by atoms with E-state index in [0.29, 0.717) is 17.3 Å². The lowest BCUT2D eigenvalue weighted by atomic mass is 10.2. The molecule has 0 aliphatic rings. The zero-order valence-corrected chi connectivity index (χ0v) is 10.2. The lowest BCUT2D eigenvalue weighted by Gasteiger charge is -2.20. The van der Waals surface area contributed by atoms with Crippen molar-refractivity contribution in [3.8, 4) is 0 Å². The molecule has 1 amide bonds. The molecule has 0 spiro atoms. The zero-order valence-electron chi connectivity index (χ0n) is 9.46. The Bertz CT molecular complexity index is 381. The van der Waals surface area contributed by atoms with Gasteiger partial charge in [-0.25, -0.2) is 0 Å². The maximum Gasteiger partial charge on any atom is 0.239 e. The van der Waals surface area contributed by atoms with Crippen LogP contribution in [0.3, 0.4) is 0 Å². The number of carbonyl (C=O) groups excluding carboxylic acids is 1. The van der Waals surface area contributed by atoms with Gasteiger partial charge in [0.25, 0.3) is 0 Å². The van der Waals surface area contributed by atoms with E-state index in [1.807, 2.05) is 14.0 Å². The van der Waals surface area contributed by atoms with E-state index in [4.69, 9.17) is 17.3 Å². The number of nitrogens with zero attached hydrogens (tertiary/aromatic N) is 1. The molecule has 0 radical (unpaired) electrons. The number of likely N-dealkylation sites (N-methyl/N-ethyl adjacent to an activating group) is 2. The summed E-state index contributed by atoms with van der Waals surface area (Å²) < 4.78 is 0. The largest absolute Gasteiger partial charge is 0.397 e. The molecule has 0 atom stereocenters. The first-order chi connectivity index (χ1) is 7.54. The molecule has 0 fully saturated rings. The Morgan fingerprint density at radius 3 is 2.81 bits per heavy atom.